The number of nitrogens with one attached hydrogen (secondary N) is 1. The van der Waals surface area contributed by atoms with E-state index in [1.165, 1.54) is 73.6 Å². The molecule has 1 aromatic heterocycles. The van der Waals surface area contributed by atoms with Crippen molar-refractivity contribution >= 4 is 5.82 Å². The Morgan fingerprint density at radius 2 is 2.04 bits per heavy atom. The monoisotopic (exact) mass is 338 g/mol. The van der Waals surface area contributed by atoms with E-state index in [9.17, 15) is 0 Å². The fourth-order valence-electron chi connectivity index (χ4n) is 4.33. The number of nitrogens with zero attached hydrogens (tertiary/aromatic N) is 3. The summed E-state index contributed by atoms with van der Waals surface area (Å²) in [7, 11) is 0. The quantitative estimate of drug-likeness (QED) is 0.913. The minimum Gasteiger partial charge on any atom is -0.370 e. The summed E-state index contributed by atoms with van der Waals surface area (Å²) in [5.74, 6) is 1.86. The molecule has 0 spiro atoms. The van der Waals surface area contributed by atoms with Crippen molar-refractivity contribution in [3.63, 3.8) is 0 Å². The average Bonchev–Trinajstić information content (AvgIpc) is 2.83. The SMILES string of the molecule is CCN1CCC(c2nn(-c3cccc(C)c3)c3c2CCCCN3)CC1. The van der Waals surface area contributed by atoms with Gasteiger partial charge in [-0.2, -0.15) is 5.10 Å². The first-order chi connectivity index (χ1) is 12.3. The van der Waals surface area contributed by atoms with E-state index in [4.69, 9.17) is 5.10 Å². The van der Waals surface area contributed by atoms with Crippen molar-refractivity contribution in [2.75, 3.05) is 31.5 Å². The molecule has 2 aliphatic rings. The van der Waals surface area contributed by atoms with Crippen molar-refractivity contribution in [2.24, 2.45) is 0 Å². The minimum absolute atomic E-state index is 0.613. The Kier molecular flexibility index (Phi) is 4.80. The Balaban J connectivity index is 1.72. The van der Waals surface area contributed by atoms with E-state index in [1.807, 2.05) is 0 Å². The zero-order valence-corrected chi connectivity index (χ0v) is 15.6. The normalized spacial score (nSPS) is 19.3. The summed E-state index contributed by atoms with van der Waals surface area (Å²) in [6.45, 7) is 9.06. The molecule has 0 aliphatic carbocycles. The topological polar surface area (TPSA) is 33.1 Å². The summed E-state index contributed by atoms with van der Waals surface area (Å²) in [5, 5.41) is 8.84. The van der Waals surface area contributed by atoms with Gasteiger partial charge < -0.3 is 10.2 Å². The van der Waals surface area contributed by atoms with Gasteiger partial charge in [0, 0.05) is 18.0 Å². The summed E-state index contributed by atoms with van der Waals surface area (Å²) in [5.41, 5.74) is 5.31. The summed E-state index contributed by atoms with van der Waals surface area (Å²) >= 11 is 0. The lowest BCUT2D eigenvalue weighted by Crippen LogP contribution is -2.33. The van der Waals surface area contributed by atoms with Crippen LogP contribution in [0.25, 0.3) is 5.69 Å². The molecule has 0 saturated carbocycles. The van der Waals surface area contributed by atoms with Gasteiger partial charge in [-0.15, -0.1) is 0 Å². The molecule has 2 aliphatic heterocycles. The van der Waals surface area contributed by atoms with Crippen LogP contribution in [0, 0.1) is 6.92 Å². The van der Waals surface area contributed by atoms with Crippen LogP contribution in [-0.2, 0) is 6.42 Å². The highest BCUT2D eigenvalue weighted by Gasteiger charge is 2.28. The van der Waals surface area contributed by atoms with Crippen molar-refractivity contribution in [1.29, 1.82) is 0 Å². The van der Waals surface area contributed by atoms with Gasteiger partial charge in [0.25, 0.3) is 0 Å². The Hall–Kier alpha value is -1.81. The van der Waals surface area contributed by atoms with Crippen LogP contribution in [-0.4, -0.2) is 40.9 Å². The number of benzene rings is 1. The van der Waals surface area contributed by atoms with Gasteiger partial charge >= 0.3 is 0 Å². The second kappa shape index (κ2) is 7.20. The standard InChI is InChI=1S/C21H30N4/c1-3-24-13-10-17(11-14-24)20-19-9-4-5-12-22-21(19)25(23-20)18-8-6-7-16(2)15-18/h6-8,15,17,22H,3-5,9-14H2,1-2H3. The van der Waals surface area contributed by atoms with Crippen molar-refractivity contribution in [2.45, 2.75) is 51.9 Å². The summed E-state index contributed by atoms with van der Waals surface area (Å²) in [6.07, 6.45) is 6.16. The molecule has 0 amide bonds. The van der Waals surface area contributed by atoms with Crippen molar-refractivity contribution in [1.82, 2.24) is 14.7 Å². The predicted molar refractivity (Wildman–Crippen MR) is 104 cm³/mol. The first-order valence-corrected chi connectivity index (χ1v) is 9.91. The maximum Gasteiger partial charge on any atom is 0.133 e. The van der Waals surface area contributed by atoms with Crippen molar-refractivity contribution < 1.29 is 0 Å². The highest BCUT2D eigenvalue weighted by Crippen LogP contribution is 2.36. The largest absolute Gasteiger partial charge is 0.370 e. The minimum atomic E-state index is 0.613. The number of anilines is 1. The molecule has 1 aromatic carbocycles. The molecule has 0 radical (unpaired) electrons. The van der Waals surface area contributed by atoms with Crippen LogP contribution >= 0.6 is 0 Å². The molecule has 0 atom stereocenters. The summed E-state index contributed by atoms with van der Waals surface area (Å²) < 4.78 is 2.18. The smallest absolute Gasteiger partial charge is 0.133 e. The third-order valence-corrected chi connectivity index (χ3v) is 5.83. The Bertz CT molecular complexity index is 725. The Morgan fingerprint density at radius 3 is 2.80 bits per heavy atom. The maximum absolute atomic E-state index is 5.16. The molecule has 4 nitrogen and oxygen atoms in total. The second-order valence-electron chi connectivity index (χ2n) is 7.56. The van der Waals surface area contributed by atoms with E-state index in [0.29, 0.717) is 5.92 Å². The lowest BCUT2D eigenvalue weighted by atomic mass is 9.90. The molecular weight excluding hydrogens is 308 g/mol. The lowest BCUT2D eigenvalue weighted by Gasteiger charge is -2.30. The van der Waals surface area contributed by atoms with E-state index in [0.717, 1.165) is 13.0 Å². The third kappa shape index (κ3) is 3.32. The van der Waals surface area contributed by atoms with Gasteiger partial charge in [-0.05, 0) is 76.4 Å². The number of hydrogen-bond acceptors (Lipinski definition) is 3. The van der Waals surface area contributed by atoms with Gasteiger partial charge in [0.2, 0.25) is 0 Å². The van der Waals surface area contributed by atoms with Crippen LogP contribution in [0.5, 0.6) is 0 Å². The number of rotatable bonds is 3. The van der Waals surface area contributed by atoms with Gasteiger partial charge in [0.1, 0.15) is 5.82 Å². The fourth-order valence-corrected chi connectivity index (χ4v) is 4.33. The van der Waals surface area contributed by atoms with Gasteiger partial charge in [0.05, 0.1) is 11.4 Å². The maximum atomic E-state index is 5.16. The van der Waals surface area contributed by atoms with Gasteiger partial charge in [-0.1, -0.05) is 19.1 Å². The number of aryl methyl sites for hydroxylation is 1. The number of likely N-dealkylation sites (tertiary alicyclic amines) is 1. The molecule has 4 rings (SSSR count). The van der Waals surface area contributed by atoms with Crippen LogP contribution in [0.15, 0.2) is 24.3 Å². The number of aromatic nitrogens is 2. The van der Waals surface area contributed by atoms with Gasteiger partial charge in [-0.3, -0.25) is 0 Å². The molecule has 0 unspecified atom stereocenters. The Morgan fingerprint density at radius 1 is 1.20 bits per heavy atom. The van der Waals surface area contributed by atoms with Crippen molar-refractivity contribution in [3.05, 3.63) is 41.1 Å². The molecule has 2 aromatic rings. The van der Waals surface area contributed by atoms with Crippen molar-refractivity contribution in [3.8, 4) is 5.69 Å². The van der Waals surface area contributed by atoms with Crippen LogP contribution in [0.4, 0.5) is 5.82 Å². The summed E-state index contributed by atoms with van der Waals surface area (Å²) in [6, 6.07) is 8.70. The van der Waals surface area contributed by atoms with Crippen LogP contribution < -0.4 is 5.32 Å². The zero-order valence-electron chi connectivity index (χ0n) is 15.6. The van der Waals surface area contributed by atoms with E-state index >= 15 is 0 Å². The van der Waals surface area contributed by atoms with Gasteiger partial charge in [-0.25, -0.2) is 4.68 Å². The van der Waals surface area contributed by atoms with E-state index in [1.54, 1.807) is 0 Å². The highest BCUT2D eigenvalue weighted by molar-refractivity contribution is 5.55. The molecular formula is C21H30N4. The Labute approximate surface area is 151 Å². The fraction of sp³-hybridized carbons (Fsp3) is 0.571. The van der Waals surface area contributed by atoms with Crippen LogP contribution in [0.1, 0.15) is 55.3 Å². The van der Waals surface area contributed by atoms with E-state index < -0.39 is 0 Å². The predicted octanol–water partition coefficient (Wildman–Crippen LogP) is 4.13. The van der Waals surface area contributed by atoms with E-state index in [-0.39, 0.29) is 0 Å². The van der Waals surface area contributed by atoms with Gasteiger partial charge in [0.15, 0.2) is 0 Å². The van der Waals surface area contributed by atoms with Crippen LogP contribution in [0.2, 0.25) is 0 Å². The highest BCUT2D eigenvalue weighted by atomic mass is 15.3. The molecule has 3 heterocycles. The van der Waals surface area contributed by atoms with Crippen LogP contribution in [0.3, 0.4) is 0 Å². The number of piperidine rings is 1. The molecule has 0 bridgehead atoms. The molecule has 1 fully saturated rings. The summed E-state index contributed by atoms with van der Waals surface area (Å²) in [4.78, 5) is 2.56. The van der Waals surface area contributed by atoms with E-state index in [2.05, 4.69) is 53.0 Å². The average molecular weight is 338 g/mol. The number of fused-ring (bicyclic) bond motifs is 1. The molecule has 1 saturated heterocycles. The zero-order chi connectivity index (χ0) is 17.2. The second-order valence-corrected chi connectivity index (χ2v) is 7.56. The molecule has 134 valence electrons. The molecule has 25 heavy (non-hydrogen) atoms. The third-order valence-electron chi connectivity index (χ3n) is 5.83. The first kappa shape index (κ1) is 16.6. The first-order valence-electron chi connectivity index (χ1n) is 9.91. The molecule has 4 heteroatoms. The number of hydrogen-bond donors (Lipinski definition) is 1. The molecule has 1 N–H and O–H groups in total. The lowest BCUT2D eigenvalue weighted by molar-refractivity contribution is 0.220.